The zero-order valence-electron chi connectivity index (χ0n) is 5.74. The third-order valence-corrected chi connectivity index (χ3v) is 1.22. The molecule has 0 saturated carbocycles. The first-order valence-electron chi connectivity index (χ1n) is 2.68. The highest BCUT2D eigenvalue weighted by Crippen LogP contribution is 1.96. The number of carbonyl (C=O) groups is 1. The van der Waals surface area contributed by atoms with E-state index >= 15 is 0 Å². The highest BCUT2D eigenvalue weighted by Gasteiger charge is 2.30. The van der Waals surface area contributed by atoms with E-state index in [0.29, 0.717) is 0 Å². The Morgan fingerprint density at radius 1 is 1.60 bits per heavy atom. The summed E-state index contributed by atoms with van der Waals surface area (Å²) in [6.07, 6.45) is -1.31. The summed E-state index contributed by atoms with van der Waals surface area (Å²) in [5.74, 6) is -1.01. The summed E-state index contributed by atoms with van der Waals surface area (Å²) < 4.78 is 4.06. The SMILES string of the molecule is CC(O)C(=O)O[Si](C)(O)O. The Hall–Kier alpha value is -0.433. The minimum atomic E-state index is -3.79. The van der Waals surface area contributed by atoms with E-state index in [-0.39, 0.29) is 0 Å². The van der Waals surface area contributed by atoms with Crippen LogP contribution in [-0.4, -0.2) is 35.6 Å². The van der Waals surface area contributed by atoms with Crippen LogP contribution >= 0.6 is 0 Å². The summed E-state index contributed by atoms with van der Waals surface area (Å²) in [6, 6.07) is 0. The van der Waals surface area contributed by atoms with Gasteiger partial charge in [0.1, 0.15) is 6.10 Å². The molecule has 0 aromatic rings. The highest BCUT2D eigenvalue weighted by atomic mass is 28.4. The Kier molecular flexibility index (Phi) is 2.97. The molecule has 3 N–H and O–H groups in total. The van der Waals surface area contributed by atoms with Crippen molar-refractivity contribution in [3.8, 4) is 0 Å². The van der Waals surface area contributed by atoms with Crippen molar-refractivity contribution in [3.63, 3.8) is 0 Å². The van der Waals surface area contributed by atoms with Gasteiger partial charge in [-0.25, -0.2) is 0 Å². The molecule has 0 saturated heterocycles. The van der Waals surface area contributed by atoms with Crippen molar-refractivity contribution in [2.75, 3.05) is 0 Å². The summed E-state index contributed by atoms with van der Waals surface area (Å²) in [7, 11) is -3.79. The Morgan fingerprint density at radius 2 is 2.00 bits per heavy atom. The van der Waals surface area contributed by atoms with E-state index in [0.717, 1.165) is 6.55 Å². The highest BCUT2D eigenvalue weighted by molar-refractivity contribution is 6.58. The lowest BCUT2D eigenvalue weighted by Crippen LogP contribution is -2.40. The zero-order valence-corrected chi connectivity index (χ0v) is 6.74. The summed E-state index contributed by atoms with van der Waals surface area (Å²) in [4.78, 5) is 27.6. The van der Waals surface area contributed by atoms with Crippen molar-refractivity contribution in [1.29, 1.82) is 0 Å². The molecule has 0 fully saturated rings. The molecule has 0 bridgehead atoms. The van der Waals surface area contributed by atoms with Gasteiger partial charge in [0.2, 0.25) is 0 Å². The number of hydrogen-bond donors (Lipinski definition) is 3. The normalized spacial score (nSPS) is 14.5. The van der Waals surface area contributed by atoms with E-state index in [1.54, 1.807) is 0 Å². The van der Waals surface area contributed by atoms with E-state index in [2.05, 4.69) is 4.43 Å². The lowest BCUT2D eigenvalue weighted by Gasteiger charge is -2.13. The monoisotopic (exact) mass is 166 g/mol. The summed E-state index contributed by atoms with van der Waals surface area (Å²) in [5.41, 5.74) is 0. The Bertz CT molecular complexity index is 126. The fraction of sp³-hybridized carbons (Fsp3) is 0.750. The topological polar surface area (TPSA) is 87.0 Å². The van der Waals surface area contributed by atoms with Crippen molar-refractivity contribution in [2.24, 2.45) is 0 Å². The Labute approximate surface area is 59.2 Å². The van der Waals surface area contributed by atoms with Gasteiger partial charge in [-0.1, -0.05) is 0 Å². The molecule has 0 aliphatic rings. The van der Waals surface area contributed by atoms with E-state index in [4.69, 9.17) is 14.7 Å². The standard InChI is InChI=1S/C4H10O5Si/c1-3(5)4(6)9-10(2,7)8/h3,5,7-8H,1-2H3. The van der Waals surface area contributed by atoms with Gasteiger partial charge in [-0.05, 0) is 6.92 Å². The van der Waals surface area contributed by atoms with Gasteiger partial charge in [-0.2, -0.15) is 0 Å². The van der Waals surface area contributed by atoms with Crippen LogP contribution in [0.25, 0.3) is 0 Å². The van der Waals surface area contributed by atoms with Crippen molar-refractivity contribution in [3.05, 3.63) is 0 Å². The van der Waals surface area contributed by atoms with Crippen molar-refractivity contribution >= 4 is 14.8 Å². The molecule has 0 radical (unpaired) electrons. The number of carbonyl (C=O) groups excluding carboxylic acids is 1. The van der Waals surface area contributed by atoms with Gasteiger partial charge in [-0.15, -0.1) is 0 Å². The van der Waals surface area contributed by atoms with Crippen LogP contribution in [0.3, 0.4) is 0 Å². The molecule has 0 heterocycles. The average molecular weight is 166 g/mol. The molecule has 0 amide bonds. The number of aliphatic hydroxyl groups is 1. The predicted molar refractivity (Wildman–Crippen MR) is 33.8 cm³/mol. The quantitative estimate of drug-likeness (QED) is 0.433. The molecule has 1 atom stereocenters. The molecule has 0 spiro atoms. The van der Waals surface area contributed by atoms with Crippen LogP contribution in [-0.2, 0) is 9.22 Å². The summed E-state index contributed by atoms with van der Waals surface area (Å²) in [6.45, 7) is 2.19. The van der Waals surface area contributed by atoms with Crippen LogP contribution in [0.4, 0.5) is 0 Å². The molecular weight excluding hydrogens is 156 g/mol. The van der Waals surface area contributed by atoms with Gasteiger partial charge < -0.3 is 19.1 Å². The van der Waals surface area contributed by atoms with E-state index in [1.807, 2.05) is 0 Å². The molecule has 0 rings (SSSR count). The molecule has 0 aromatic heterocycles. The molecule has 0 aliphatic heterocycles. The van der Waals surface area contributed by atoms with Crippen molar-refractivity contribution in [1.82, 2.24) is 0 Å². The van der Waals surface area contributed by atoms with Gasteiger partial charge in [0.15, 0.2) is 0 Å². The second-order valence-corrected chi connectivity index (χ2v) is 4.10. The van der Waals surface area contributed by atoms with Crippen LogP contribution in [0.1, 0.15) is 6.92 Å². The molecule has 0 aromatic carbocycles. The summed E-state index contributed by atoms with van der Waals surface area (Å²) in [5, 5.41) is 8.51. The molecular formula is C4H10O5Si. The van der Waals surface area contributed by atoms with Crippen LogP contribution in [0.2, 0.25) is 6.55 Å². The number of aliphatic hydroxyl groups excluding tert-OH is 1. The second-order valence-electron chi connectivity index (χ2n) is 2.03. The first kappa shape index (κ1) is 9.57. The van der Waals surface area contributed by atoms with E-state index in [9.17, 15) is 4.79 Å². The van der Waals surface area contributed by atoms with E-state index in [1.165, 1.54) is 6.92 Å². The van der Waals surface area contributed by atoms with Gasteiger partial charge >= 0.3 is 14.8 Å². The van der Waals surface area contributed by atoms with Crippen LogP contribution in [0.15, 0.2) is 0 Å². The summed E-state index contributed by atoms with van der Waals surface area (Å²) >= 11 is 0. The predicted octanol–water partition coefficient (Wildman–Crippen LogP) is -1.54. The van der Waals surface area contributed by atoms with Gasteiger partial charge in [-0.3, -0.25) is 4.79 Å². The molecule has 60 valence electrons. The average Bonchev–Trinajstić information content (AvgIpc) is 1.60. The Balaban J connectivity index is 3.81. The maximum atomic E-state index is 10.4. The van der Waals surface area contributed by atoms with Gasteiger partial charge in [0, 0.05) is 6.55 Å². The zero-order chi connectivity index (χ0) is 8.36. The maximum Gasteiger partial charge on any atom is 0.559 e. The van der Waals surface area contributed by atoms with Crippen molar-refractivity contribution in [2.45, 2.75) is 19.6 Å². The molecule has 6 heteroatoms. The largest absolute Gasteiger partial charge is 0.559 e. The minimum absolute atomic E-state index is 1.01. The second kappa shape index (κ2) is 3.11. The number of rotatable bonds is 2. The first-order chi connectivity index (χ1) is 4.33. The molecule has 5 nitrogen and oxygen atoms in total. The maximum absolute atomic E-state index is 10.4. The molecule has 1 unspecified atom stereocenters. The van der Waals surface area contributed by atoms with Crippen LogP contribution < -0.4 is 0 Å². The van der Waals surface area contributed by atoms with Crippen molar-refractivity contribution < 1.29 is 23.9 Å². The smallest absolute Gasteiger partial charge is 0.472 e. The third kappa shape index (κ3) is 4.45. The fourth-order valence-corrected chi connectivity index (χ4v) is 0.828. The van der Waals surface area contributed by atoms with Gasteiger partial charge in [0.25, 0.3) is 0 Å². The first-order valence-corrected chi connectivity index (χ1v) is 4.99. The van der Waals surface area contributed by atoms with Crippen LogP contribution in [0.5, 0.6) is 0 Å². The lowest BCUT2D eigenvalue weighted by molar-refractivity contribution is -0.146. The molecule has 10 heavy (non-hydrogen) atoms. The third-order valence-electron chi connectivity index (χ3n) is 0.635. The molecule has 0 aliphatic carbocycles. The number of hydrogen-bond acceptors (Lipinski definition) is 5. The van der Waals surface area contributed by atoms with Gasteiger partial charge in [0.05, 0.1) is 0 Å². The Morgan fingerprint density at radius 3 is 2.10 bits per heavy atom. The van der Waals surface area contributed by atoms with Crippen LogP contribution in [0, 0.1) is 0 Å². The lowest BCUT2D eigenvalue weighted by atomic mass is 10.4. The fourth-order valence-electron chi connectivity index (χ4n) is 0.276. The van der Waals surface area contributed by atoms with E-state index < -0.39 is 20.9 Å². The minimum Gasteiger partial charge on any atom is -0.472 e.